The molecule has 0 aromatic heterocycles. The first-order chi connectivity index (χ1) is 7.13. The summed E-state index contributed by atoms with van der Waals surface area (Å²) in [5, 5.41) is 9.12. The van der Waals surface area contributed by atoms with E-state index in [4.69, 9.17) is 9.84 Å². The second-order valence-electron chi connectivity index (χ2n) is 3.89. The normalized spacial score (nSPS) is 12.5. The van der Waals surface area contributed by atoms with Crippen molar-refractivity contribution in [1.29, 1.82) is 0 Å². The van der Waals surface area contributed by atoms with Crippen molar-refractivity contribution in [2.24, 2.45) is 5.92 Å². The first-order valence-corrected chi connectivity index (χ1v) is 5.00. The number of phenolic OH excluding ortho intramolecular Hbond substituents is 1. The van der Waals surface area contributed by atoms with Gasteiger partial charge in [0.05, 0.1) is 0 Å². The van der Waals surface area contributed by atoms with Crippen LogP contribution in [-0.4, -0.2) is 17.7 Å². The largest absolute Gasteiger partial charge is 0.508 e. The van der Waals surface area contributed by atoms with Crippen molar-refractivity contribution in [3.05, 3.63) is 29.8 Å². The Morgan fingerprint density at radius 3 is 2.40 bits per heavy atom. The van der Waals surface area contributed by atoms with E-state index >= 15 is 0 Å². The van der Waals surface area contributed by atoms with Crippen molar-refractivity contribution in [2.75, 3.05) is 0 Å². The van der Waals surface area contributed by atoms with Crippen LogP contribution in [0.15, 0.2) is 24.3 Å². The number of hydrogen-bond donors (Lipinski definition) is 1. The zero-order valence-electron chi connectivity index (χ0n) is 9.01. The maximum atomic E-state index is 10.3. The molecule has 0 amide bonds. The van der Waals surface area contributed by atoms with Crippen LogP contribution in [0.4, 0.5) is 0 Å². The van der Waals surface area contributed by atoms with Gasteiger partial charge in [-0.2, -0.15) is 0 Å². The Labute approximate surface area is 89.7 Å². The zero-order chi connectivity index (χ0) is 11.3. The Bertz CT molecular complexity index is 303. The fourth-order valence-electron chi connectivity index (χ4n) is 1.38. The molecule has 15 heavy (non-hydrogen) atoms. The number of aromatic hydroxyl groups is 1. The molecular weight excluding hydrogens is 192 g/mol. The number of ether oxygens (including phenoxy) is 1. The van der Waals surface area contributed by atoms with Crippen molar-refractivity contribution in [3.8, 4) is 5.75 Å². The van der Waals surface area contributed by atoms with E-state index in [9.17, 15) is 4.79 Å². The van der Waals surface area contributed by atoms with E-state index in [1.54, 1.807) is 12.1 Å². The summed E-state index contributed by atoms with van der Waals surface area (Å²) in [7, 11) is 0. The summed E-state index contributed by atoms with van der Waals surface area (Å²) in [5.74, 6) is 0.528. The van der Waals surface area contributed by atoms with Crippen LogP contribution in [0.5, 0.6) is 5.75 Å². The van der Waals surface area contributed by atoms with Crippen LogP contribution < -0.4 is 0 Å². The maximum Gasteiger partial charge on any atom is 0.293 e. The molecule has 1 N–H and O–H groups in total. The Hall–Kier alpha value is -1.51. The number of phenols is 1. The smallest absolute Gasteiger partial charge is 0.293 e. The van der Waals surface area contributed by atoms with Gasteiger partial charge in [0.25, 0.3) is 6.47 Å². The third kappa shape index (κ3) is 3.62. The molecule has 1 atom stereocenters. The average molecular weight is 208 g/mol. The lowest BCUT2D eigenvalue weighted by Crippen LogP contribution is -2.21. The van der Waals surface area contributed by atoms with Gasteiger partial charge >= 0.3 is 0 Å². The van der Waals surface area contributed by atoms with Gasteiger partial charge in [0, 0.05) is 6.42 Å². The first-order valence-electron chi connectivity index (χ1n) is 5.00. The number of hydrogen-bond acceptors (Lipinski definition) is 3. The molecule has 82 valence electrons. The van der Waals surface area contributed by atoms with Crippen molar-refractivity contribution < 1.29 is 14.6 Å². The fraction of sp³-hybridized carbons (Fsp3) is 0.417. The summed E-state index contributed by atoms with van der Waals surface area (Å²) < 4.78 is 4.99. The molecule has 0 saturated carbocycles. The Morgan fingerprint density at radius 1 is 1.33 bits per heavy atom. The van der Waals surface area contributed by atoms with Crippen molar-refractivity contribution in [1.82, 2.24) is 0 Å². The molecule has 1 rings (SSSR count). The summed E-state index contributed by atoms with van der Waals surface area (Å²) >= 11 is 0. The minimum absolute atomic E-state index is 0.105. The van der Waals surface area contributed by atoms with Crippen molar-refractivity contribution >= 4 is 6.47 Å². The second-order valence-corrected chi connectivity index (χ2v) is 3.89. The van der Waals surface area contributed by atoms with E-state index in [0.29, 0.717) is 12.9 Å². The van der Waals surface area contributed by atoms with E-state index < -0.39 is 0 Å². The molecule has 0 aliphatic heterocycles. The number of carbonyl (C=O) groups excluding carboxylic acids is 1. The topological polar surface area (TPSA) is 46.5 Å². The SMILES string of the molecule is CC(C)C(Cc1ccc(O)cc1)OC=O. The lowest BCUT2D eigenvalue weighted by Gasteiger charge is -2.18. The summed E-state index contributed by atoms with van der Waals surface area (Å²) in [6.07, 6.45) is 0.573. The predicted octanol–water partition coefficient (Wildman–Crippen LogP) is 2.13. The molecule has 0 bridgehead atoms. The number of benzene rings is 1. The maximum absolute atomic E-state index is 10.3. The van der Waals surface area contributed by atoms with E-state index in [2.05, 4.69) is 0 Å². The van der Waals surface area contributed by atoms with Gasteiger partial charge in [-0.25, -0.2) is 0 Å². The third-order valence-electron chi connectivity index (χ3n) is 2.35. The molecule has 0 saturated heterocycles. The van der Waals surface area contributed by atoms with Crippen LogP contribution in [-0.2, 0) is 16.0 Å². The van der Waals surface area contributed by atoms with Crippen LogP contribution >= 0.6 is 0 Å². The highest BCUT2D eigenvalue weighted by Gasteiger charge is 2.14. The minimum Gasteiger partial charge on any atom is -0.508 e. The highest BCUT2D eigenvalue weighted by molar-refractivity contribution is 5.38. The van der Waals surface area contributed by atoms with E-state index in [1.807, 2.05) is 26.0 Å². The molecule has 3 heteroatoms. The molecule has 0 fully saturated rings. The molecule has 0 heterocycles. The van der Waals surface area contributed by atoms with Crippen LogP contribution in [0.2, 0.25) is 0 Å². The Balaban J connectivity index is 2.65. The monoisotopic (exact) mass is 208 g/mol. The van der Waals surface area contributed by atoms with Crippen molar-refractivity contribution in [2.45, 2.75) is 26.4 Å². The Kier molecular flexibility index (Phi) is 4.16. The molecule has 0 aliphatic carbocycles. The van der Waals surface area contributed by atoms with Gasteiger partial charge in [0.15, 0.2) is 0 Å². The van der Waals surface area contributed by atoms with Gasteiger partial charge in [-0.3, -0.25) is 4.79 Å². The second kappa shape index (κ2) is 5.39. The molecule has 0 aliphatic rings. The molecular formula is C12H16O3. The third-order valence-corrected chi connectivity index (χ3v) is 2.35. The predicted molar refractivity (Wildman–Crippen MR) is 57.6 cm³/mol. The van der Waals surface area contributed by atoms with Crippen LogP contribution in [0, 0.1) is 5.92 Å². The fourth-order valence-corrected chi connectivity index (χ4v) is 1.38. The lowest BCUT2D eigenvalue weighted by atomic mass is 9.99. The molecule has 1 unspecified atom stereocenters. The lowest BCUT2D eigenvalue weighted by molar-refractivity contribution is -0.135. The van der Waals surface area contributed by atoms with Gasteiger partial charge in [-0.15, -0.1) is 0 Å². The van der Waals surface area contributed by atoms with E-state index in [1.165, 1.54) is 0 Å². The summed E-state index contributed by atoms with van der Waals surface area (Å²) in [6, 6.07) is 6.93. The number of carbonyl (C=O) groups is 1. The summed E-state index contributed by atoms with van der Waals surface area (Å²) in [6.45, 7) is 4.51. The molecule has 0 spiro atoms. The van der Waals surface area contributed by atoms with Gasteiger partial charge in [-0.05, 0) is 23.6 Å². The molecule has 0 radical (unpaired) electrons. The zero-order valence-corrected chi connectivity index (χ0v) is 9.01. The van der Waals surface area contributed by atoms with Gasteiger partial charge in [-0.1, -0.05) is 26.0 Å². The average Bonchev–Trinajstić information content (AvgIpc) is 2.20. The van der Waals surface area contributed by atoms with Gasteiger partial charge in [0.2, 0.25) is 0 Å². The van der Waals surface area contributed by atoms with Crippen LogP contribution in [0.3, 0.4) is 0 Å². The van der Waals surface area contributed by atoms with E-state index in [-0.39, 0.29) is 17.8 Å². The number of rotatable bonds is 5. The molecule has 3 nitrogen and oxygen atoms in total. The van der Waals surface area contributed by atoms with Crippen molar-refractivity contribution in [3.63, 3.8) is 0 Å². The molecule has 1 aromatic carbocycles. The van der Waals surface area contributed by atoms with E-state index in [0.717, 1.165) is 5.56 Å². The highest BCUT2D eigenvalue weighted by Crippen LogP contribution is 2.15. The highest BCUT2D eigenvalue weighted by atomic mass is 16.5. The summed E-state index contributed by atoms with van der Waals surface area (Å²) in [4.78, 5) is 10.3. The quantitative estimate of drug-likeness (QED) is 0.754. The first kappa shape index (κ1) is 11.6. The van der Waals surface area contributed by atoms with Gasteiger partial charge in [0.1, 0.15) is 11.9 Å². The minimum atomic E-state index is -0.105. The van der Waals surface area contributed by atoms with Crippen LogP contribution in [0.25, 0.3) is 0 Å². The Morgan fingerprint density at radius 2 is 1.93 bits per heavy atom. The standard InChI is InChI=1S/C12H16O3/c1-9(2)12(15-8-13)7-10-3-5-11(14)6-4-10/h3-6,8-9,12,14H,7H2,1-2H3. The molecule has 1 aromatic rings. The summed E-state index contributed by atoms with van der Waals surface area (Å²) in [5.41, 5.74) is 1.05. The van der Waals surface area contributed by atoms with Crippen LogP contribution in [0.1, 0.15) is 19.4 Å². The van der Waals surface area contributed by atoms with Gasteiger partial charge < -0.3 is 9.84 Å².